The van der Waals surface area contributed by atoms with E-state index in [1.165, 1.54) is 54.8 Å². The Kier molecular flexibility index (Phi) is 7.17. The maximum absolute atomic E-state index is 6.41. The molecule has 2 heterocycles. The smallest absolute Gasteiger partial charge is 0.137 e. The molecule has 258 valence electrons. The van der Waals surface area contributed by atoms with Gasteiger partial charge in [0.1, 0.15) is 11.2 Å². The highest BCUT2D eigenvalue weighted by Gasteiger charge is 2.20. The van der Waals surface area contributed by atoms with Crippen molar-refractivity contribution in [3.63, 3.8) is 0 Å². The summed E-state index contributed by atoms with van der Waals surface area (Å²) >= 11 is 0. The van der Waals surface area contributed by atoms with Crippen LogP contribution in [0.1, 0.15) is 0 Å². The van der Waals surface area contributed by atoms with Crippen molar-refractivity contribution in [2.75, 3.05) is 4.90 Å². The molecular formula is C52H34N2O. The van der Waals surface area contributed by atoms with Gasteiger partial charge in [0.05, 0.1) is 16.7 Å². The molecule has 0 atom stereocenters. The van der Waals surface area contributed by atoms with Crippen LogP contribution in [0.5, 0.6) is 0 Å². The van der Waals surface area contributed by atoms with Crippen LogP contribution >= 0.6 is 0 Å². The van der Waals surface area contributed by atoms with Crippen LogP contribution in [0.4, 0.5) is 17.1 Å². The van der Waals surface area contributed by atoms with Crippen LogP contribution in [0.25, 0.3) is 82.5 Å². The Morgan fingerprint density at radius 3 is 1.62 bits per heavy atom. The number of nitrogens with zero attached hydrogens (tertiary/aromatic N) is 2. The van der Waals surface area contributed by atoms with Crippen molar-refractivity contribution in [2.45, 2.75) is 0 Å². The maximum atomic E-state index is 6.41. The van der Waals surface area contributed by atoms with E-state index < -0.39 is 0 Å². The summed E-state index contributed by atoms with van der Waals surface area (Å²) in [5.41, 5.74) is 13.3. The Morgan fingerprint density at radius 1 is 0.345 bits per heavy atom. The maximum Gasteiger partial charge on any atom is 0.137 e. The van der Waals surface area contributed by atoms with Crippen molar-refractivity contribution in [1.29, 1.82) is 0 Å². The van der Waals surface area contributed by atoms with Gasteiger partial charge in [-0.05, 0) is 88.3 Å². The minimum Gasteiger partial charge on any atom is -0.456 e. The third kappa shape index (κ3) is 5.13. The van der Waals surface area contributed by atoms with Crippen molar-refractivity contribution in [2.24, 2.45) is 0 Å². The standard InChI is InChI=1S/C52H34N2O/c1-2-12-35(13-3-1)36-22-26-38(27-23-36)53(40-30-31-47-46-18-8-11-21-51(46)55-52(47)34-40)50-33-32-41(42-14-4-5-15-43(42)50)37-24-28-39(29-25-37)54-48-19-9-6-16-44(48)45-17-7-10-20-49(45)54/h1-34H. The van der Waals surface area contributed by atoms with Crippen LogP contribution in [-0.2, 0) is 0 Å². The lowest BCUT2D eigenvalue weighted by Gasteiger charge is -2.27. The highest BCUT2D eigenvalue weighted by atomic mass is 16.3. The minimum atomic E-state index is 0.869. The molecule has 0 spiro atoms. The first kappa shape index (κ1) is 31.2. The summed E-state index contributed by atoms with van der Waals surface area (Å²) in [6.45, 7) is 0. The molecular weight excluding hydrogens is 669 g/mol. The second-order valence-electron chi connectivity index (χ2n) is 14.1. The number of fused-ring (bicyclic) bond motifs is 7. The van der Waals surface area contributed by atoms with E-state index in [1.807, 2.05) is 12.1 Å². The summed E-state index contributed by atoms with van der Waals surface area (Å²) in [4.78, 5) is 2.36. The van der Waals surface area contributed by atoms with E-state index >= 15 is 0 Å². The van der Waals surface area contributed by atoms with Gasteiger partial charge in [0, 0.05) is 50.1 Å². The van der Waals surface area contributed by atoms with Gasteiger partial charge in [-0.15, -0.1) is 0 Å². The van der Waals surface area contributed by atoms with Gasteiger partial charge in [-0.3, -0.25) is 0 Å². The van der Waals surface area contributed by atoms with Crippen LogP contribution < -0.4 is 4.90 Å². The van der Waals surface area contributed by atoms with Gasteiger partial charge >= 0.3 is 0 Å². The molecule has 0 aliphatic rings. The predicted octanol–water partition coefficient (Wildman–Crippen LogP) is 14.6. The summed E-state index contributed by atoms with van der Waals surface area (Å²) in [6, 6.07) is 73.9. The van der Waals surface area contributed by atoms with Crippen molar-refractivity contribution in [3.05, 3.63) is 206 Å². The molecule has 0 aliphatic carbocycles. The number of hydrogen-bond acceptors (Lipinski definition) is 2. The van der Waals surface area contributed by atoms with Crippen molar-refractivity contribution in [3.8, 4) is 27.9 Å². The molecule has 11 aromatic rings. The summed E-state index contributed by atoms with van der Waals surface area (Å²) in [5, 5.41) is 7.14. The number of para-hydroxylation sites is 3. The first-order chi connectivity index (χ1) is 27.3. The molecule has 0 unspecified atom stereocenters. The van der Waals surface area contributed by atoms with Crippen LogP contribution in [0.15, 0.2) is 211 Å². The molecule has 0 amide bonds. The van der Waals surface area contributed by atoms with Gasteiger partial charge < -0.3 is 13.9 Å². The second-order valence-corrected chi connectivity index (χ2v) is 14.1. The number of aromatic nitrogens is 1. The quantitative estimate of drug-likeness (QED) is 0.172. The molecule has 3 heteroatoms. The van der Waals surface area contributed by atoms with Gasteiger partial charge in [0.15, 0.2) is 0 Å². The summed E-state index contributed by atoms with van der Waals surface area (Å²) < 4.78 is 8.78. The lowest BCUT2D eigenvalue weighted by molar-refractivity contribution is 0.669. The fraction of sp³-hybridized carbons (Fsp3) is 0. The minimum absolute atomic E-state index is 0.869. The SMILES string of the molecule is c1ccc(-c2ccc(N(c3ccc4c(c3)oc3ccccc34)c3ccc(-c4ccc(-n5c6ccccc6c6ccccc65)cc4)c4ccccc34)cc2)cc1. The van der Waals surface area contributed by atoms with Gasteiger partial charge in [0.2, 0.25) is 0 Å². The Labute approximate surface area is 318 Å². The highest BCUT2D eigenvalue weighted by molar-refractivity contribution is 6.10. The molecule has 2 aromatic heterocycles. The topological polar surface area (TPSA) is 21.3 Å². The zero-order valence-electron chi connectivity index (χ0n) is 29.9. The predicted molar refractivity (Wildman–Crippen MR) is 231 cm³/mol. The Balaban J connectivity index is 1.05. The molecule has 0 N–H and O–H groups in total. The molecule has 0 aliphatic heterocycles. The van der Waals surface area contributed by atoms with Crippen LogP contribution in [0.2, 0.25) is 0 Å². The third-order valence-corrected chi connectivity index (χ3v) is 11.0. The summed E-state index contributed by atoms with van der Waals surface area (Å²) in [5.74, 6) is 0. The zero-order valence-corrected chi connectivity index (χ0v) is 29.9. The summed E-state index contributed by atoms with van der Waals surface area (Å²) in [7, 11) is 0. The fourth-order valence-electron chi connectivity index (χ4n) is 8.44. The van der Waals surface area contributed by atoms with Crippen LogP contribution in [0.3, 0.4) is 0 Å². The van der Waals surface area contributed by atoms with Crippen LogP contribution in [0, 0.1) is 0 Å². The first-order valence-corrected chi connectivity index (χ1v) is 18.8. The number of anilines is 3. The molecule has 11 rings (SSSR count). The number of furan rings is 1. The average molecular weight is 703 g/mol. The molecule has 9 aromatic carbocycles. The Hall–Kier alpha value is -7.36. The Bertz CT molecular complexity index is 3140. The number of hydrogen-bond donors (Lipinski definition) is 0. The van der Waals surface area contributed by atoms with E-state index in [1.54, 1.807) is 0 Å². The Morgan fingerprint density at radius 2 is 0.891 bits per heavy atom. The number of benzene rings is 9. The number of rotatable bonds is 6. The monoisotopic (exact) mass is 702 g/mol. The summed E-state index contributed by atoms with van der Waals surface area (Å²) in [6.07, 6.45) is 0. The van der Waals surface area contributed by atoms with E-state index in [2.05, 4.69) is 204 Å². The van der Waals surface area contributed by atoms with Gasteiger partial charge in [-0.1, -0.05) is 140 Å². The second kappa shape index (κ2) is 12.6. The third-order valence-electron chi connectivity index (χ3n) is 11.0. The highest BCUT2D eigenvalue weighted by Crippen LogP contribution is 2.44. The van der Waals surface area contributed by atoms with Crippen molar-refractivity contribution >= 4 is 71.6 Å². The molecule has 0 saturated heterocycles. The molecule has 0 fully saturated rings. The molecule has 0 radical (unpaired) electrons. The molecule has 0 saturated carbocycles. The van der Waals surface area contributed by atoms with Gasteiger partial charge in [-0.25, -0.2) is 0 Å². The zero-order chi connectivity index (χ0) is 36.3. The van der Waals surface area contributed by atoms with E-state index in [-0.39, 0.29) is 0 Å². The van der Waals surface area contributed by atoms with E-state index in [0.29, 0.717) is 0 Å². The van der Waals surface area contributed by atoms with Gasteiger partial charge in [-0.2, -0.15) is 0 Å². The first-order valence-electron chi connectivity index (χ1n) is 18.8. The molecule has 55 heavy (non-hydrogen) atoms. The van der Waals surface area contributed by atoms with E-state index in [0.717, 1.165) is 44.7 Å². The fourth-order valence-corrected chi connectivity index (χ4v) is 8.44. The largest absolute Gasteiger partial charge is 0.456 e. The van der Waals surface area contributed by atoms with Crippen LogP contribution in [-0.4, -0.2) is 4.57 Å². The van der Waals surface area contributed by atoms with E-state index in [9.17, 15) is 0 Å². The molecule has 3 nitrogen and oxygen atoms in total. The van der Waals surface area contributed by atoms with Gasteiger partial charge in [0.25, 0.3) is 0 Å². The van der Waals surface area contributed by atoms with Crippen molar-refractivity contribution in [1.82, 2.24) is 4.57 Å². The lowest BCUT2D eigenvalue weighted by Crippen LogP contribution is -2.10. The normalized spacial score (nSPS) is 11.6. The molecule has 0 bridgehead atoms. The lowest BCUT2D eigenvalue weighted by atomic mass is 9.96. The van der Waals surface area contributed by atoms with Crippen molar-refractivity contribution < 1.29 is 4.42 Å². The average Bonchev–Trinajstić information content (AvgIpc) is 3.80. The van der Waals surface area contributed by atoms with E-state index in [4.69, 9.17) is 4.42 Å².